The Kier molecular flexibility index (Phi) is 31.9. The lowest BCUT2D eigenvalue weighted by Crippen LogP contribution is -2.32. The highest BCUT2D eigenvalue weighted by Gasteiger charge is 2.13. The van der Waals surface area contributed by atoms with E-state index in [-0.39, 0.29) is 15.4 Å². The number of rotatable bonds is 22. The Morgan fingerprint density at radius 3 is 1.47 bits per heavy atom. The number of hydrogen-bond donors (Lipinski definition) is 2. The van der Waals surface area contributed by atoms with Crippen LogP contribution in [0.2, 0.25) is 0 Å². The van der Waals surface area contributed by atoms with Crippen molar-refractivity contribution >= 4 is 5.97 Å². The molecule has 0 heterocycles. The Morgan fingerprint density at radius 2 is 1.07 bits per heavy atom. The fourth-order valence-electron chi connectivity index (χ4n) is 3.56. The molecule has 0 spiro atoms. The second kappa shape index (κ2) is 28.2. The third kappa shape index (κ3) is 25.3. The van der Waals surface area contributed by atoms with E-state index in [1.54, 1.807) is 0 Å². The van der Waals surface area contributed by atoms with Crippen LogP contribution in [0.3, 0.4) is 0 Å². The van der Waals surface area contributed by atoms with Crippen LogP contribution in [0.25, 0.3) is 0 Å². The summed E-state index contributed by atoms with van der Waals surface area (Å²) in [5, 5.41) is 0. The topological polar surface area (TPSA) is 78.3 Å². The molecular formula is C24H52F2N2O2. The number of unbranched alkanes of at least 4 members (excludes halogenated alkanes) is 16. The average molecular weight is 439 g/mol. The molecule has 0 aliphatic heterocycles. The smallest absolute Gasteiger partial charge is 0.322 e. The Hall–Kier alpha value is -0.750. The minimum Gasteiger partial charge on any atom is -0.465 e. The van der Waals surface area contributed by atoms with Gasteiger partial charge in [0.2, 0.25) is 0 Å². The second-order valence-corrected chi connectivity index (χ2v) is 8.36. The van der Waals surface area contributed by atoms with E-state index >= 15 is 0 Å². The Morgan fingerprint density at radius 1 is 0.667 bits per heavy atom. The van der Waals surface area contributed by atoms with Gasteiger partial charge in [-0.2, -0.15) is 0 Å². The summed E-state index contributed by atoms with van der Waals surface area (Å²) in [7, 11) is 0. The molecule has 0 saturated carbocycles. The highest BCUT2D eigenvalue weighted by Crippen LogP contribution is 2.13. The highest BCUT2D eigenvalue weighted by molar-refractivity contribution is 5.75. The maximum Gasteiger partial charge on any atom is 0.322 e. The van der Waals surface area contributed by atoms with E-state index in [1.165, 1.54) is 89.9 Å². The Labute approximate surface area is 185 Å². The summed E-state index contributed by atoms with van der Waals surface area (Å²) >= 11 is 0. The standard InChI is InChI=1S/C24H50N2O2.2FH/c1-2-3-4-5-6-7-8-9-10-11-12-13-14-15-16-19-22-28-24(27)23(26)20-17-18-21-25;;/h23H,2-22,25-26H2,1H3;2*1H/t23-;;/m0../s1. The third-order valence-electron chi connectivity index (χ3n) is 5.51. The average Bonchev–Trinajstić information content (AvgIpc) is 2.70. The molecule has 30 heavy (non-hydrogen) atoms. The number of carbonyl (C=O) groups is 1. The van der Waals surface area contributed by atoms with Gasteiger partial charge < -0.3 is 16.2 Å². The van der Waals surface area contributed by atoms with Gasteiger partial charge in [0, 0.05) is 0 Å². The summed E-state index contributed by atoms with van der Waals surface area (Å²) < 4.78 is 5.26. The summed E-state index contributed by atoms with van der Waals surface area (Å²) in [5.41, 5.74) is 11.3. The van der Waals surface area contributed by atoms with Crippen LogP contribution in [0, 0.1) is 0 Å². The molecular weight excluding hydrogens is 386 g/mol. The molecule has 4 nitrogen and oxygen atoms in total. The molecule has 0 aromatic rings. The SMILES string of the molecule is CCCCCCCCCCCCCCCCCCOC(=O)[C@@H](N)CCCCN.F.F. The molecule has 1 atom stereocenters. The Bertz CT molecular complexity index is 334. The van der Waals surface area contributed by atoms with Crippen LogP contribution in [0.4, 0.5) is 9.41 Å². The predicted octanol–water partition coefficient (Wildman–Crippen LogP) is 6.55. The van der Waals surface area contributed by atoms with Crippen molar-refractivity contribution in [1.29, 1.82) is 0 Å². The molecule has 0 aliphatic rings. The molecule has 0 aromatic heterocycles. The van der Waals surface area contributed by atoms with Gasteiger partial charge in [0.05, 0.1) is 6.61 Å². The largest absolute Gasteiger partial charge is 0.465 e. The van der Waals surface area contributed by atoms with Gasteiger partial charge in [0.25, 0.3) is 0 Å². The fraction of sp³-hybridized carbons (Fsp3) is 0.958. The van der Waals surface area contributed by atoms with Crippen LogP contribution in [-0.4, -0.2) is 25.2 Å². The van der Waals surface area contributed by atoms with E-state index < -0.39 is 6.04 Å². The van der Waals surface area contributed by atoms with Crippen molar-refractivity contribution in [2.24, 2.45) is 11.5 Å². The van der Waals surface area contributed by atoms with Crippen LogP contribution < -0.4 is 11.5 Å². The van der Waals surface area contributed by atoms with Gasteiger partial charge in [0.15, 0.2) is 0 Å². The van der Waals surface area contributed by atoms with E-state index in [0.29, 0.717) is 19.6 Å². The zero-order chi connectivity index (χ0) is 20.7. The summed E-state index contributed by atoms with van der Waals surface area (Å²) in [4.78, 5) is 11.7. The van der Waals surface area contributed by atoms with E-state index in [9.17, 15) is 4.79 Å². The van der Waals surface area contributed by atoms with Crippen LogP contribution >= 0.6 is 0 Å². The van der Waals surface area contributed by atoms with Crippen molar-refractivity contribution in [2.75, 3.05) is 13.2 Å². The van der Waals surface area contributed by atoms with Crippen molar-refractivity contribution in [3.63, 3.8) is 0 Å². The lowest BCUT2D eigenvalue weighted by molar-refractivity contribution is -0.145. The number of ether oxygens (including phenoxy) is 1. The molecule has 0 saturated heterocycles. The third-order valence-corrected chi connectivity index (χ3v) is 5.51. The molecule has 0 radical (unpaired) electrons. The van der Waals surface area contributed by atoms with Gasteiger partial charge in [-0.15, -0.1) is 0 Å². The molecule has 184 valence electrons. The Balaban J connectivity index is -0.00000364. The molecule has 0 aromatic carbocycles. The zero-order valence-corrected chi connectivity index (χ0v) is 19.7. The van der Waals surface area contributed by atoms with Gasteiger partial charge in [-0.3, -0.25) is 14.2 Å². The molecule has 0 aliphatic carbocycles. The number of halogens is 2. The summed E-state index contributed by atoms with van der Waals surface area (Å²) in [6, 6.07) is -0.479. The van der Waals surface area contributed by atoms with E-state index in [2.05, 4.69) is 6.92 Å². The minimum atomic E-state index is -0.479. The first-order chi connectivity index (χ1) is 13.7. The van der Waals surface area contributed by atoms with Crippen molar-refractivity contribution in [1.82, 2.24) is 0 Å². The van der Waals surface area contributed by atoms with Crippen LogP contribution in [0.1, 0.15) is 129 Å². The molecule has 0 unspecified atom stereocenters. The number of esters is 1. The maximum atomic E-state index is 11.7. The van der Waals surface area contributed by atoms with E-state index in [1.807, 2.05) is 0 Å². The fourth-order valence-corrected chi connectivity index (χ4v) is 3.56. The van der Waals surface area contributed by atoms with Crippen LogP contribution in [0.15, 0.2) is 0 Å². The van der Waals surface area contributed by atoms with Gasteiger partial charge in [-0.05, 0) is 25.8 Å². The predicted molar refractivity (Wildman–Crippen MR) is 126 cm³/mol. The number of hydrogen-bond acceptors (Lipinski definition) is 4. The lowest BCUT2D eigenvalue weighted by atomic mass is 10.0. The maximum absolute atomic E-state index is 11.7. The first kappa shape index (κ1) is 33.9. The van der Waals surface area contributed by atoms with Crippen molar-refractivity contribution in [3.05, 3.63) is 0 Å². The summed E-state index contributed by atoms with van der Waals surface area (Å²) in [6.45, 7) is 3.45. The van der Waals surface area contributed by atoms with Gasteiger partial charge >= 0.3 is 5.97 Å². The molecule has 0 amide bonds. The van der Waals surface area contributed by atoms with Crippen LogP contribution in [0.5, 0.6) is 0 Å². The number of carbonyl (C=O) groups excluding carboxylic acids is 1. The summed E-state index contributed by atoms with van der Waals surface area (Å²) in [6.07, 6.45) is 24.1. The van der Waals surface area contributed by atoms with Crippen molar-refractivity contribution in [3.8, 4) is 0 Å². The lowest BCUT2D eigenvalue weighted by Gasteiger charge is -2.11. The first-order valence-corrected chi connectivity index (χ1v) is 12.3. The highest BCUT2D eigenvalue weighted by atomic mass is 19.0. The molecule has 6 heteroatoms. The molecule has 0 fully saturated rings. The second-order valence-electron chi connectivity index (χ2n) is 8.36. The van der Waals surface area contributed by atoms with Crippen molar-refractivity contribution in [2.45, 2.75) is 135 Å². The normalized spacial score (nSPS) is 11.4. The zero-order valence-electron chi connectivity index (χ0n) is 19.7. The minimum absolute atomic E-state index is 0. The van der Waals surface area contributed by atoms with Gasteiger partial charge in [0.1, 0.15) is 6.04 Å². The molecule has 4 N–H and O–H groups in total. The van der Waals surface area contributed by atoms with Gasteiger partial charge in [-0.1, -0.05) is 110 Å². The molecule has 0 bridgehead atoms. The number of nitrogens with two attached hydrogens (primary N) is 2. The van der Waals surface area contributed by atoms with E-state index in [0.717, 1.165) is 25.7 Å². The van der Waals surface area contributed by atoms with E-state index in [4.69, 9.17) is 16.2 Å². The van der Waals surface area contributed by atoms with Crippen molar-refractivity contribution < 1.29 is 18.9 Å². The van der Waals surface area contributed by atoms with Gasteiger partial charge in [-0.25, -0.2) is 0 Å². The monoisotopic (exact) mass is 438 g/mol. The quantitative estimate of drug-likeness (QED) is 0.148. The summed E-state index contributed by atoms with van der Waals surface area (Å²) in [5.74, 6) is -0.252. The van der Waals surface area contributed by atoms with Crippen LogP contribution in [-0.2, 0) is 9.53 Å². The molecule has 0 rings (SSSR count). The first-order valence-electron chi connectivity index (χ1n) is 12.3.